The molecule has 0 aliphatic heterocycles. The number of benzene rings is 2. The summed E-state index contributed by atoms with van der Waals surface area (Å²) in [5, 5.41) is 46.3. The number of thiocarbonyl (C=S) groups is 1. The van der Waals surface area contributed by atoms with Gasteiger partial charge in [0.1, 0.15) is 23.0 Å². The van der Waals surface area contributed by atoms with Gasteiger partial charge in [-0.3, -0.25) is 10.9 Å². The largest absolute Gasteiger partial charge is 0.508 e. The molecule has 0 unspecified atom stereocenters. The van der Waals surface area contributed by atoms with Crippen LogP contribution in [0.3, 0.4) is 0 Å². The minimum Gasteiger partial charge on any atom is -0.508 e. The van der Waals surface area contributed by atoms with E-state index >= 15 is 0 Å². The van der Waals surface area contributed by atoms with Crippen LogP contribution in [0.1, 0.15) is 25.0 Å². The van der Waals surface area contributed by atoms with E-state index in [1.807, 2.05) is 0 Å². The summed E-state index contributed by atoms with van der Waals surface area (Å²) in [6.45, 7) is 3.31. The van der Waals surface area contributed by atoms with Gasteiger partial charge in [-0.05, 0) is 50.3 Å². The zero-order valence-electron chi connectivity index (χ0n) is 14.1. The highest BCUT2D eigenvalue weighted by molar-refractivity contribution is 7.80. The van der Waals surface area contributed by atoms with Crippen LogP contribution in [0.2, 0.25) is 0 Å². The Kier molecular flexibility index (Phi) is 5.97. The second-order valence-corrected chi connectivity index (χ2v) is 5.76. The average Bonchev–Trinajstić information content (AvgIpc) is 2.57. The van der Waals surface area contributed by atoms with Crippen LogP contribution in [0.15, 0.2) is 46.6 Å². The van der Waals surface area contributed by atoms with Crippen molar-refractivity contribution in [1.82, 2.24) is 10.9 Å². The van der Waals surface area contributed by atoms with Crippen LogP contribution in [0, 0.1) is 0 Å². The first kappa shape index (κ1) is 19.0. The predicted octanol–water partition coefficient (Wildman–Crippen LogP) is 2.12. The van der Waals surface area contributed by atoms with Gasteiger partial charge in [-0.2, -0.15) is 10.2 Å². The molecule has 136 valence electrons. The van der Waals surface area contributed by atoms with Gasteiger partial charge in [-0.15, -0.1) is 0 Å². The topological polar surface area (TPSA) is 130 Å². The van der Waals surface area contributed by atoms with E-state index in [0.29, 0.717) is 22.6 Å². The zero-order chi connectivity index (χ0) is 19.3. The maximum Gasteiger partial charge on any atom is 0.207 e. The van der Waals surface area contributed by atoms with Gasteiger partial charge < -0.3 is 20.4 Å². The number of nitrogens with zero attached hydrogens (tertiary/aromatic N) is 2. The number of hydrogen-bond donors (Lipinski definition) is 6. The summed E-state index contributed by atoms with van der Waals surface area (Å²) >= 11 is 5.06. The zero-order valence-corrected chi connectivity index (χ0v) is 14.9. The van der Waals surface area contributed by atoms with Crippen LogP contribution in [-0.4, -0.2) is 37.0 Å². The maximum atomic E-state index is 9.79. The van der Waals surface area contributed by atoms with Gasteiger partial charge >= 0.3 is 0 Å². The standard InChI is InChI=1S/C17H18N4O4S/c1-9(13-5-3-11(22)7-15(13)24)18-20-17(26)21-19-10(2)14-6-4-12(23)8-16(14)25/h3-8,22-25H,1-2H3,(H2,20,21,26)/b18-9+,19-10+. The number of nitrogens with one attached hydrogen (secondary N) is 2. The Morgan fingerprint density at radius 2 is 1.15 bits per heavy atom. The number of aromatic hydroxyl groups is 4. The molecule has 9 heteroatoms. The summed E-state index contributed by atoms with van der Waals surface area (Å²) in [6.07, 6.45) is 0. The Balaban J connectivity index is 2.01. The molecule has 0 saturated carbocycles. The molecular formula is C17H18N4O4S. The lowest BCUT2D eigenvalue weighted by molar-refractivity contribution is 0.448. The van der Waals surface area contributed by atoms with Gasteiger partial charge in [-0.25, -0.2) is 0 Å². The van der Waals surface area contributed by atoms with E-state index in [1.165, 1.54) is 36.4 Å². The molecule has 0 aliphatic carbocycles. The van der Waals surface area contributed by atoms with Gasteiger partial charge in [0.05, 0.1) is 11.4 Å². The molecular weight excluding hydrogens is 356 g/mol. The Hall–Kier alpha value is -3.33. The third-order valence-corrected chi connectivity index (χ3v) is 3.58. The fourth-order valence-electron chi connectivity index (χ4n) is 2.07. The second-order valence-electron chi connectivity index (χ2n) is 5.35. The lowest BCUT2D eigenvalue weighted by Gasteiger charge is -2.08. The summed E-state index contributed by atoms with van der Waals surface area (Å²) in [4.78, 5) is 0. The monoisotopic (exact) mass is 374 g/mol. The summed E-state index contributed by atoms with van der Waals surface area (Å²) in [5.74, 6) is -0.315. The van der Waals surface area contributed by atoms with Crippen LogP contribution in [0.25, 0.3) is 0 Å². The molecule has 2 aromatic rings. The third-order valence-electron chi connectivity index (χ3n) is 3.39. The predicted molar refractivity (Wildman–Crippen MR) is 103 cm³/mol. The van der Waals surface area contributed by atoms with Crippen LogP contribution in [0.5, 0.6) is 23.0 Å². The van der Waals surface area contributed by atoms with E-state index in [1.54, 1.807) is 13.8 Å². The number of phenolic OH excluding ortho intramolecular Hbond substituents is 4. The van der Waals surface area contributed by atoms with E-state index in [4.69, 9.17) is 12.2 Å². The average molecular weight is 374 g/mol. The highest BCUT2D eigenvalue weighted by Gasteiger charge is 2.07. The van der Waals surface area contributed by atoms with Gasteiger partial charge in [0, 0.05) is 23.3 Å². The van der Waals surface area contributed by atoms with Crippen molar-refractivity contribution in [2.24, 2.45) is 10.2 Å². The quantitative estimate of drug-likeness (QED) is 0.275. The second kappa shape index (κ2) is 8.17. The molecule has 0 atom stereocenters. The van der Waals surface area contributed by atoms with E-state index < -0.39 is 0 Å². The maximum absolute atomic E-state index is 9.79. The SMILES string of the molecule is C/C(=N\NC(=S)N/N=C(\C)c1ccc(O)cc1O)c1ccc(O)cc1O. The lowest BCUT2D eigenvalue weighted by atomic mass is 10.1. The molecule has 0 amide bonds. The third kappa shape index (κ3) is 4.84. The fourth-order valence-corrected chi connectivity index (χ4v) is 2.16. The molecule has 26 heavy (non-hydrogen) atoms. The Morgan fingerprint density at radius 3 is 1.50 bits per heavy atom. The minimum atomic E-state index is -0.108. The number of hydrogen-bond acceptors (Lipinski definition) is 7. The van der Waals surface area contributed by atoms with Crippen LogP contribution < -0.4 is 10.9 Å². The fraction of sp³-hybridized carbons (Fsp3) is 0.118. The summed E-state index contributed by atoms with van der Waals surface area (Å²) in [5.41, 5.74) is 6.93. The molecule has 0 aromatic heterocycles. The Morgan fingerprint density at radius 1 is 0.769 bits per heavy atom. The molecule has 0 aliphatic rings. The highest BCUT2D eigenvalue weighted by Crippen LogP contribution is 2.23. The number of rotatable bonds is 4. The summed E-state index contributed by atoms with van der Waals surface area (Å²) in [6, 6.07) is 8.34. The Bertz CT molecular complexity index is 825. The molecule has 0 saturated heterocycles. The minimum absolute atomic E-state index is 0.0495. The highest BCUT2D eigenvalue weighted by atomic mass is 32.1. The van der Waals surface area contributed by atoms with Gasteiger partial charge in [0.15, 0.2) is 0 Å². The van der Waals surface area contributed by atoms with Crippen molar-refractivity contribution >= 4 is 28.8 Å². The first-order valence-electron chi connectivity index (χ1n) is 7.47. The van der Waals surface area contributed by atoms with Crippen molar-refractivity contribution in [2.45, 2.75) is 13.8 Å². The molecule has 0 fully saturated rings. The molecule has 6 N–H and O–H groups in total. The summed E-state index contributed by atoms with van der Waals surface area (Å²) in [7, 11) is 0. The van der Waals surface area contributed by atoms with Crippen LogP contribution in [-0.2, 0) is 0 Å². The van der Waals surface area contributed by atoms with Crippen molar-refractivity contribution in [2.75, 3.05) is 0 Å². The van der Waals surface area contributed by atoms with Crippen molar-refractivity contribution < 1.29 is 20.4 Å². The van der Waals surface area contributed by atoms with E-state index in [0.717, 1.165) is 0 Å². The van der Waals surface area contributed by atoms with Gasteiger partial charge in [-0.1, -0.05) is 0 Å². The van der Waals surface area contributed by atoms with Crippen LogP contribution >= 0.6 is 12.2 Å². The molecule has 2 aromatic carbocycles. The Labute approximate surface area is 155 Å². The van der Waals surface area contributed by atoms with E-state index in [2.05, 4.69) is 21.1 Å². The van der Waals surface area contributed by atoms with Crippen LogP contribution in [0.4, 0.5) is 0 Å². The van der Waals surface area contributed by atoms with Crippen molar-refractivity contribution in [3.63, 3.8) is 0 Å². The van der Waals surface area contributed by atoms with Gasteiger partial charge in [0.25, 0.3) is 0 Å². The number of phenols is 4. The lowest BCUT2D eigenvalue weighted by Crippen LogP contribution is -2.29. The molecule has 0 bridgehead atoms. The summed E-state index contributed by atoms with van der Waals surface area (Å²) < 4.78 is 0. The first-order chi connectivity index (χ1) is 12.3. The smallest absolute Gasteiger partial charge is 0.207 e. The molecule has 0 spiro atoms. The van der Waals surface area contributed by atoms with Gasteiger partial charge in [0.2, 0.25) is 5.11 Å². The molecule has 0 radical (unpaired) electrons. The number of hydrazone groups is 2. The normalized spacial score (nSPS) is 11.9. The van der Waals surface area contributed by atoms with E-state index in [9.17, 15) is 20.4 Å². The molecule has 8 nitrogen and oxygen atoms in total. The molecule has 0 heterocycles. The van der Waals surface area contributed by atoms with E-state index in [-0.39, 0.29) is 28.1 Å². The molecule has 2 rings (SSSR count). The van der Waals surface area contributed by atoms with Crippen molar-refractivity contribution in [3.8, 4) is 23.0 Å². The van der Waals surface area contributed by atoms with Crippen molar-refractivity contribution in [3.05, 3.63) is 47.5 Å². The van der Waals surface area contributed by atoms with Crippen molar-refractivity contribution in [1.29, 1.82) is 0 Å². The first-order valence-corrected chi connectivity index (χ1v) is 7.88.